The van der Waals surface area contributed by atoms with Crippen LogP contribution in [0.3, 0.4) is 0 Å². The summed E-state index contributed by atoms with van der Waals surface area (Å²) in [5, 5.41) is 11.0. The van der Waals surface area contributed by atoms with Crippen molar-refractivity contribution in [3.05, 3.63) is 18.3 Å². The molecule has 0 aromatic carbocycles. The minimum atomic E-state index is -0.901. The van der Waals surface area contributed by atoms with E-state index in [-0.39, 0.29) is 18.5 Å². The summed E-state index contributed by atoms with van der Waals surface area (Å²) in [5.41, 5.74) is 0. The summed E-state index contributed by atoms with van der Waals surface area (Å²) in [5.74, 6) is 0.866. The van der Waals surface area contributed by atoms with E-state index in [4.69, 9.17) is 0 Å². The number of halogens is 1. The molecule has 2 aliphatic heterocycles. The Morgan fingerprint density at radius 3 is 2.95 bits per heavy atom. The zero-order valence-corrected chi connectivity index (χ0v) is 11.9. The average molecular weight is 293 g/mol. The number of nitrogens with zero attached hydrogens (tertiary/aromatic N) is 4. The second kappa shape index (κ2) is 6.34. The number of amides is 1. The van der Waals surface area contributed by atoms with Crippen LogP contribution in [0.2, 0.25) is 0 Å². The van der Waals surface area contributed by atoms with Crippen molar-refractivity contribution in [1.29, 1.82) is 0 Å². The Labute approximate surface area is 123 Å². The van der Waals surface area contributed by atoms with Gasteiger partial charge in [0.25, 0.3) is 0 Å². The zero-order chi connectivity index (χ0) is 14.7. The summed E-state index contributed by atoms with van der Waals surface area (Å²) in [6.45, 7) is 3.23. The van der Waals surface area contributed by atoms with Gasteiger partial charge >= 0.3 is 0 Å². The van der Waals surface area contributed by atoms with E-state index < -0.39 is 6.17 Å². The molecule has 114 valence electrons. The lowest BCUT2D eigenvalue weighted by atomic mass is 10.2. The van der Waals surface area contributed by atoms with E-state index in [0.29, 0.717) is 19.5 Å². The summed E-state index contributed by atoms with van der Waals surface area (Å²) in [4.78, 5) is 16.4. The number of hydrogen-bond donors (Lipinski definition) is 1. The van der Waals surface area contributed by atoms with Gasteiger partial charge in [-0.3, -0.25) is 4.79 Å². The van der Waals surface area contributed by atoms with Crippen molar-refractivity contribution in [3.63, 3.8) is 0 Å². The highest BCUT2D eigenvalue weighted by Crippen LogP contribution is 2.16. The third kappa shape index (κ3) is 3.29. The van der Waals surface area contributed by atoms with Crippen LogP contribution < -0.4 is 10.2 Å². The van der Waals surface area contributed by atoms with E-state index in [1.165, 1.54) is 0 Å². The largest absolute Gasteiger partial charge is 0.353 e. The first-order chi connectivity index (χ1) is 10.2. The van der Waals surface area contributed by atoms with Crippen molar-refractivity contribution in [3.8, 4) is 0 Å². The lowest BCUT2D eigenvalue weighted by Gasteiger charge is -2.24. The second-order valence-electron chi connectivity index (χ2n) is 5.54. The molecule has 1 aromatic rings. The van der Waals surface area contributed by atoms with E-state index in [0.717, 1.165) is 25.3 Å². The van der Waals surface area contributed by atoms with Crippen molar-refractivity contribution >= 4 is 11.7 Å². The molecular weight excluding hydrogens is 273 g/mol. The predicted molar refractivity (Wildman–Crippen MR) is 76.7 cm³/mol. The van der Waals surface area contributed by atoms with Crippen molar-refractivity contribution < 1.29 is 9.18 Å². The number of nitrogens with one attached hydrogen (secondary N) is 1. The van der Waals surface area contributed by atoms with E-state index in [1.807, 2.05) is 17.0 Å². The molecule has 2 fully saturated rings. The first-order valence-electron chi connectivity index (χ1n) is 7.43. The molecule has 0 spiro atoms. The minimum Gasteiger partial charge on any atom is -0.353 e. The van der Waals surface area contributed by atoms with Gasteiger partial charge in [-0.1, -0.05) is 0 Å². The maximum Gasteiger partial charge on any atom is 0.239 e. The Hall–Kier alpha value is -1.76. The molecule has 1 aromatic heterocycles. The van der Waals surface area contributed by atoms with Crippen molar-refractivity contribution in [2.75, 3.05) is 37.6 Å². The highest BCUT2D eigenvalue weighted by Gasteiger charge is 2.32. The van der Waals surface area contributed by atoms with Crippen LogP contribution in [0.25, 0.3) is 0 Å². The van der Waals surface area contributed by atoms with Crippen LogP contribution in [0.15, 0.2) is 18.3 Å². The smallest absolute Gasteiger partial charge is 0.239 e. The van der Waals surface area contributed by atoms with Crippen molar-refractivity contribution in [1.82, 2.24) is 20.4 Å². The maximum absolute atomic E-state index is 13.2. The highest BCUT2D eigenvalue weighted by atomic mass is 19.1. The molecule has 7 heteroatoms. The molecule has 3 heterocycles. The Balaban J connectivity index is 1.59. The molecule has 0 aliphatic carbocycles. The quantitative estimate of drug-likeness (QED) is 0.845. The fraction of sp³-hybridized carbons (Fsp3) is 0.643. The van der Waals surface area contributed by atoms with Gasteiger partial charge in [0.05, 0.1) is 6.04 Å². The lowest BCUT2D eigenvalue weighted by Crippen LogP contribution is -2.45. The van der Waals surface area contributed by atoms with E-state index in [9.17, 15) is 9.18 Å². The molecule has 0 unspecified atom stereocenters. The fourth-order valence-electron chi connectivity index (χ4n) is 2.93. The molecule has 0 bridgehead atoms. The summed E-state index contributed by atoms with van der Waals surface area (Å²) < 4.78 is 13.2. The highest BCUT2D eigenvalue weighted by molar-refractivity contribution is 5.82. The lowest BCUT2D eigenvalue weighted by molar-refractivity contribution is -0.132. The zero-order valence-electron chi connectivity index (χ0n) is 11.9. The first-order valence-corrected chi connectivity index (χ1v) is 7.43. The number of anilines is 1. The minimum absolute atomic E-state index is 0.0242. The van der Waals surface area contributed by atoms with Crippen molar-refractivity contribution in [2.24, 2.45) is 0 Å². The van der Waals surface area contributed by atoms with Gasteiger partial charge < -0.3 is 15.1 Å². The third-order valence-corrected chi connectivity index (χ3v) is 4.07. The number of alkyl halides is 1. The normalized spacial score (nSPS) is 26.7. The van der Waals surface area contributed by atoms with Gasteiger partial charge in [-0.25, -0.2) is 4.39 Å². The SMILES string of the molecule is O=C([C@H]1C[C@H](F)CN1)N1CCCN(c2cccnn2)CC1. The summed E-state index contributed by atoms with van der Waals surface area (Å²) in [7, 11) is 0. The number of rotatable bonds is 2. The Morgan fingerprint density at radius 1 is 1.33 bits per heavy atom. The number of carbonyl (C=O) groups is 1. The van der Waals surface area contributed by atoms with Crippen LogP contribution in [0, 0.1) is 0 Å². The molecule has 2 saturated heterocycles. The van der Waals surface area contributed by atoms with Gasteiger partial charge in [-0.05, 0) is 18.6 Å². The van der Waals surface area contributed by atoms with Gasteiger partial charge in [0.2, 0.25) is 5.91 Å². The van der Waals surface area contributed by atoms with Crippen molar-refractivity contribution in [2.45, 2.75) is 25.1 Å². The summed E-state index contributed by atoms with van der Waals surface area (Å²) in [6.07, 6.45) is 1.93. The molecule has 3 rings (SSSR count). The summed E-state index contributed by atoms with van der Waals surface area (Å²) in [6, 6.07) is 3.43. The second-order valence-corrected chi connectivity index (χ2v) is 5.54. The number of carbonyl (C=O) groups excluding carboxylic acids is 1. The molecule has 2 aliphatic rings. The molecule has 1 amide bonds. The predicted octanol–water partition coefficient (Wildman–Crippen LogP) is 0.215. The maximum atomic E-state index is 13.2. The van der Waals surface area contributed by atoms with Crippen LogP contribution >= 0.6 is 0 Å². The monoisotopic (exact) mass is 293 g/mol. The summed E-state index contributed by atoms with van der Waals surface area (Å²) >= 11 is 0. The van der Waals surface area contributed by atoms with E-state index in [2.05, 4.69) is 20.4 Å². The van der Waals surface area contributed by atoms with Crippen LogP contribution in [-0.2, 0) is 4.79 Å². The van der Waals surface area contributed by atoms with E-state index >= 15 is 0 Å². The van der Waals surface area contributed by atoms with Crippen LogP contribution in [-0.4, -0.2) is 65.9 Å². The fourth-order valence-corrected chi connectivity index (χ4v) is 2.93. The van der Waals surface area contributed by atoms with Crippen LogP contribution in [0.4, 0.5) is 10.2 Å². The van der Waals surface area contributed by atoms with Gasteiger partial charge in [0.15, 0.2) is 5.82 Å². The molecule has 6 nitrogen and oxygen atoms in total. The first kappa shape index (κ1) is 14.2. The van der Waals surface area contributed by atoms with Gasteiger partial charge in [-0.15, -0.1) is 5.10 Å². The third-order valence-electron chi connectivity index (χ3n) is 4.07. The molecule has 21 heavy (non-hydrogen) atoms. The Bertz CT molecular complexity index is 486. The van der Waals surface area contributed by atoms with Gasteiger partial charge in [-0.2, -0.15) is 5.10 Å². The number of hydrogen-bond acceptors (Lipinski definition) is 5. The molecular formula is C14H20FN5O. The van der Waals surface area contributed by atoms with Crippen LogP contribution in [0.1, 0.15) is 12.8 Å². The topological polar surface area (TPSA) is 61.4 Å². The Kier molecular flexibility index (Phi) is 4.28. The van der Waals surface area contributed by atoms with E-state index in [1.54, 1.807) is 6.20 Å². The molecule has 0 radical (unpaired) electrons. The standard InChI is InChI=1S/C14H20FN5O/c15-11-9-12(16-10-11)14(21)20-6-2-5-19(7-8-20)13-3-1-4-17-18-13/h1,3-4,11-12,16H,2,5-10H2/t11-,12+/m0/s1. The molecule has 0 saturated carbocycles. The average Bonchev–Trinajstić information content (AvgIpc) is 2.81. The van der Waals surface area contributed by atoms with Gasteiger partial charge in [0, 0.05) is 45.3 Å². The Morgan fingerprint density at radius 2 is 2.24 bits per heavy atom. The van der Waals surface area contributed by atoms with Gasteiger partial charge in [0.1, 0.15) is 6.17 Å². The number of aromatic nitrogens is 2. The van der Waals surface area contributed by atoms with Crippen LogP contribution in [0.5, 0.6) is 0 Å². The molecule has 1 N–H and O–H groups in total. The molecule has 2 atom stereocenters.